The Morgan fingerprint density at radius 1 is 0.846 bits per heavy atom. The van der Waals surface area contributed by atoms with Crippen LogP contribution in [0.25, 0.3) is 0 Å². The molecule has 0 aliphatic carbocycles. The van der Waals surface area contributed by atoms with Crippen LogP contribution in [-0.2, 0) is 30.3 Å². The lowest BCUT2D eigenvalue weighted by molar-refractivity contribution is -0.149. The first kappa shape index (κ1) is 34.1. The van der Waals surface area contributed by atoms with Gasteiger partial charge < -0.3 is 24.6 Å². The minimum Gasteiger partial charge on any atom is -0.480 e. The lowest BCUT2D eigenvalue weighted by atomic mass is 9.98. The molecular formula is C30H47NO8. The second kappa shape index (κ2) is 16.2. The van der Waals surface area contributed by atoms with E-state index in [1.165, 1.54) is 12.1 Å². The van der Waals surface area contributed by atoms with Crippen LogP contribution in [0.4, 0.5) is 0 Å². The second-order valence-corrected chi connectivity index (χ2v) is 11.2. The highest BCUT2D eigenvalue weighted by Gasteiger charge is 2.26. The number of carboxylic acid groups (broad SMARTS) is 1. The molecule has 0 saturated heterocycles. The standard InChI is InChI=1S/C30H47NO8/c1-10-19(6)13-27(32)37-20(7)16-31-24(28(33)34)14-23-11-12-25(38-29(35)21(8)17(2)3)26(15-23)39-30(36)22(9)18(4)5/h11-12,15,17-22,24,31H,10,13-14,16H2,1-9H3,(H,33,34)/t19?,20?,21?,22?,24-/m0/s1. The summed E-state index contributed by atoms with van der Waals surface area (Å²) in [6, 6.07) is 3.69. The molecule has 0 fully saturated rings. The van der Waals surface area contributed by atoms with Gasteiger partial charge in [0.1, 0.15) is 12.1 Å². The Bertz CT molecular complexity index is 974. The van der Waals surface area contributed by atoms with Crippen LogP contribution in [0, 0.1) is 29.6 Å². The van der Waals surface area contributed by atoms with Crippen molar-refractivity contribution in [3.63, 3.8) is 0 Å². The van der Waals surface area contributed by atoms with E-state index in [0.29, 0.717) is 12.0 Å². The van der Waals surface area contributed by atoms with Crippen molar-refractivity contribution in [2.45, 2.75) is 93.7 Å². The Hall–Kier alpha value is -2.94. The molecule has 0 aliphatic rings. The predicted octanol–water partition coefficient (Wildman–Crippen LogP) is 5.03. The first-order chi connectivity index (χ1) is 18.2. The van der Waals surface area contributed by atoms with Gasteiger partial charge in [-0.3, -0.25) is 19.2 Å². The lowest BCUT2D eigenvalue weighted by Gasteiger charge is -2.21. The first-order valence-corrected chi connectivity index (χ1v) is 13.9. The van der Waals surface area contributed by atoms with Crippen LogP contribution >= 0.6 is 0 Å². The van der Waals surface area contributed by atoms with Crippen molar-refractivity contribution in [2.24, 2.45) is 29.6 Å². The van der Waals surface area contributed by atoms with Crippen molar-refractivity contribution in [2.75, 3.05) is 6.54 Å². The van der Waals surface area contributed by atoms with Crippen molar-refractivity contribution < 1.29 is 38.5 Å². The molecule has 9 nitrogen and oxygen atoms in total. The van der Waals surface area contributed by atoms with Crippen molar-refractivity contribution in [3.8, 4) is 11.5 Å². The third-order valence-corrected chi connectivity index (χ3v) is 7.11. The van der Waals surface area contributed by atoms with E-state index < -0.39 is 36.0 Å². The number of hydrogen-bond donors (Lipinski definition) is 2. The quantitative estimate of drug-likeness (QED) is 0.215. The Labute approximate surface area is 233 Å². The summed E-state index contributed by atoms with van der Waals surface area (Å²) in [5, 5.41) is 12.7. The maximum absolute atomic E-state index is 12.7. The highest BCUT2D eigenvalue weighted by molar-refractivity contribution is 5.79. The van der Waals surface area contributed by atoms with Gasteiger partial charge in [-0.2, -0.15) is 0 Å². The van der Waals surface area contributed by atoms with Crippen LogP contribution in [0.1, 0.15) is 80.7 Å². The van der Waals surface area contributed by atoms with E-state index in [0.717, 1.165) is 6.42 Å². The normalized spacial score (nSPS) is 15.3. The van der Waals surface area contributed by atoms with Crippen molar-refractivity contribution in [1.82, 2.24) is 5.32 Å². The summed E-state index contributed by atoms with van der Waals surface area (Å²) in [5.41, 5.74) is 0.563. The number of nitrogens with one attached hydrogen (secondary N) is 1. The fraction of sp³-hybridized carbons (Fsp3) is 0.667. The first-order valence-electron chi connectivity index (χ1n) is 13.9. The molecule has 0 heterocycles. The number of aliphatic carboxylic acids is 1. The average Bonchev–Trinajstić information content (AvgIpc) is 2.86. The van der Waals surface area contributed by atoms with Crippen molar-refractivity contribution in [3.05, 3.63) is 23.8 Å². The summed E-state index contributed by atoms with van der Waals surface area (Å²) in [6.07, 6.45) is 0.726. The molecule has 2 N–H and O–H groups in total. The topological polar surface area (TPSA) is 128 Å². The molecule has 9 heteroatoms. The third kappa shape index (κ3) is 11.8. The summed E-state index contributed by atoms with van der Waals surface area (Å²) < 4.78 is 16.6. The van der Waals surface area contributed by atoms with Crippen LogP contribution in [0.3, 0.4) is 0 Å². The van der Waals surface area contributed by atoms with Crippen molar-refractivity contribution in [1.29, 1.82) is 0 Å². The zero-order valence-electron chi connectivity index (χ0n) is 24.9. The summed E-state index contributed by atoms with van der Waals surface area (Å²) in [6.45, 7) is 17.0. The number of benzene rings is 1. The van der Waals surface area contributed by atoms with Gasteiger partial charge in [0, 0.05) is 13.0 Å². The molecule has 0 aliphatic heterocycles. The highest BCUT2D eigenvalue weighted by atomic mass is 16.6. The van der Waals surface area contributed by atoms with Gasteiger partial charge in [-0.05, 0) is 48.8 Å². The maximum atomic E-state index is 12.7. The monoisotopic (exact) mass is 549 g/mol. The van der Waals surface area contributed by atoms with Gasteiger partial charge in [0.05, 0.1) is 11.8 Å². The molecule has 4 unspecified atom stereocenters. The molecule has 220 valence electrons. The van der Waals surface area contributed by atoms with Crippen molar-refractivity contribution >= 4 is 23.9 Å². The van der Waals surface area contributed by atoms with E-state index >= 15 is 0 Å². The highest BCUT2D eigenvalue weighted by Crippen LogP contribution is 2.31. The molecule has 0 spiro atoms. The fourth-order valence-electron chi connectivity index (χ4n) is 3.32. The van der Waals surface area contributed by atoms with Crippen LogP contribution in [0.2, 0.25) is 0 Å². The number of carbonyl (C=O) groups excluding carboxylic acids is 3. The number of carbonyl (C=O) groups is 4. The molecule has 1 aromatic carbocycles. The van der Waals surface area contributed by atoms with Crippen LogP contribution in [0.5, 0.6) is 11.5 Å². The van der Waals surface area contributed by atoms with Crippen LogP contribution in [-0.4, -0.2) is 47.7 Å². The number of carboxylic acids is 1. The second-order valence-electron chi connectivity index (χ2n) is 11.2. The van der Waals surface area contributed by atoms with Gasteiger partial charge in [-0.1, -0.05) is 67.9 Å². The van der Waals surface area contributed by atoms with Gasteiger partial charge in [0.2, 0.25) is 0 Å². The number of esters is 3. The summed E-state index contributed by atoms with van der Waals surface area (Å²) in [5.74, 6) is -2.62. The van der Waals surface area contributed by atoms with Gasteiger partial charge in [-0.25, -0.2) is 0 Å². The zero-order valence-corrected chi connectivity index (χ0v) is 24.9. The van der Waals surface area contributed by atoms with E-state index in [1.807, 2.05) is 41.5 Å². The number of hydrogen-bond acceptors (Lipinski definition) is 8. The fourth-order valence-corrected chi connectivity index (χ4v) is 3.32. The molecule has 0 saturated carbocycles. The average molecular weight is 550 g/mol. The molecule has 1 aromatic rings. The van der Waals surface area contributed by atoms with Gasteiger partial charge in [0.25, 0.3) is 0 Å². The molecule has 39 heavy (non-hydrogen) atoms. The molecule has 0 amide bonds. The smallest absolute Gasteiger partial charge is 0.321 e. The Balaban J connectivity index is 3.07. The van der Waals surface area contributed by atoms with E-state index in [9.17, 15) is 24.3 Å². The zero-order chi connectivity index (χ0) is 29.9. The SMILES string of the molecule is CCC(C)CC(=O)OC(C)CN[C@@H](Cc1ccc(OC(=O)C(C)C(C)C)c(OC(=O)C(C)C(C)C)c1)C(=O)O. The van der Waals surface area contributed by atoms with Crippen LogP contribution in [0.15, 0.2) is 18.2 Å². The Kier molecular flexibility index (Phi) is 14.2. The maximum Gasteiger partial charge on any atom is 0.321 e. The van der Waals surface area contributed by atoms with Gasteiger partial charge >= 0.3 is 23.9 Å². The van der Waals surface area contributed by atoms with E-state index in [2.05, 4.69) is 5.32 Å². The van der Waals surface area contributed by atoms with E-state index in [-0.39, 0.29) is 54.1 Å². The molecule has 0 aromatic heterocycles. The Morgan fingerprint density at radius 2 is 1.38 bits per heavy atom. The minimum absolute atomic E-state index is 0.0366. The predicted molar refractivity (Wildman–Crippen MR) is 148 cm³/mol. The number of rotatable bonds is 16. The lowest BCUT2D eigenvalue weighted by Crippen LogP contribution is -2.42. The van der Waals surface area contributed by atoms with Gasteiger partial charge in [0.15, 0.2) is 11.5 Å². The van der Waals surface area contributed by atoms with E-state index in [4.69, 9.17) is 14.2 Å². The molecule has 0 radical (unpaired) electrons. The third-order valence-electron chi connectivity index (χ3n) is 7.11. The molecule has 5 atom stereocenters. The Morgan fingerprint density at radius 3 is 1.87 bits per heavy atom. The summed E-state index contributed by atoms with van der Waals surface area (Å²) >= 11 is 0. The molecule has 1 rings (SSSR count). The largest absolute Gasteiger partial charge is 0.480 e. The summed E-state index contributed by atoms with van der Waals surface area (Å²) in [4.78, 5) is 49.3. The molecule has 0 bridgehead atoms. The molecular weight excluding hydrogens is 502 g/mol. The van der Waals surface area contributed by atoms with Gasteiger partial charge in [-0.15, -0.1) is 0 Å². The van der Waals surface area contributed by atoms with Crippen LogP contribution < -0.4 is 14.8 Å². The summed E-state index contributed by atoms with van der Waals surface area (Å²) in [7, 11) is 0. The van der Waals surface area contributed by atoms with E-state index in [1.54, 1.807) is 26.8 Å². The number of ether oxygens (including phenoxy) is 3. The minimum atomic E-state index is -1.08.